The number of nitrogens with one attached hydrogen (secondary N) is 1. The van der Waals surface area contributed by atoms with Crippen LogP contribution in [0.1, 0.15) is 18.5 Å². The third kappa shape index (κ3) is 3.32. The van der Waals surface area contributed by atoms with Gasteiger partial charge in [-0.15, -0.1) is 0 Å². The highest BCUT2D eigenvalue weighted by Gasteiger charge is 2.16. The molecule has 0 bridgehead atoms. The Labute approximate surface area is 124 Å². The minimum Gasteiger partial charge on any atom is -0.311 e. The monoisotopic (exact) mass is 292 g/mol. The highest BCUT2D eigenvalue weighted by Crippen LogP contribution is 2.15. The molecule has 0 spiro atoms. The molecule has 4 nitrogen and oxygen atoms in total. The first-order chi connectivity index (χ1) is 9.70. The van der Waals surface area contributed by atoms with Crippen molar-refractivity contribution in [3.05, 3.63) is 35.2 Å². The molecule has 1 aliphatic heterocycles. The standard InChI is InChI=1S/C15H21ClN4/c1-19-6-4-12(5-7-19)8-17-9-14-11-20-10-13(16)2-3-15(20)18-14/h2-3,10-12,17H,4-9H2,1H3. The topological polar surface area (TPSA) is 32.6 Å². The SMILES string of the molecule is CN1CCC(CNCc2cn3cc(Cl)ccc3n2)CC1. The molecule has 2 aromatic rings. The van der Waals surface area contributed by atoms with E-state index in [-0.39, 0.29) is 0 Å². The fourth-order valence-electron chi connectivity index (χ4n) is 2.77. The number of nitrogens with zero attached hydrogens (tertiary/aromatic N) is 3. The Hall–Kier alpha value is -1.10. The lowest BCUT2D eigenvalue weighted by molar-refractivity contribution is 0.216. The Bertz CT molecular complexity index is 572. The first-order valence-electron chi connectivity index (χ1n) is 7.23. The molecule has 1 N–H and O–H groups in total. The molecule has 5 heteroatoms. The van der Waals surface area contributed by atoms with Crippen LogP contribution in [0.25, 0.3) is 5.65 Å². The molecule has 0 aliphatic carbocycles. The van der Waals surface area contributed by atoms with Crippen molar-refractivity contribution in [3.8, 4) is 0 Å². The summed E-state index contributed by atoms with van der Waals surface area (Å²) in [7, 11) is 2.20. The van der Waals surface area contributed by atoms with Crippen LogP contribution in [0.4, 0.5) is 0 Å². The summed E-state index contributed by atoms with van der Waals surface area (Å²) in [4.78, 5) is 6.99. The number of aromatic nitrogens is 2. The molecular weight excluding hydrogens is 272 g/mol. The second-order valence-corrected chi connectivity index (χ2v) is 6.16. The van der Waals surface area contributed by atoms with E-state index < -0.39 is 0 Å². The number of piperidine rings is 1. The summed E-state index contributed by atoms with van der Waals surface area (Å²) in [6.07, 6.45) is 6.53. The molecule has 3 heterocycles. The maximum atomic E-state index is 5.98. The van der Waals surface area contributed by atoms with Gasteiger partial charge in [-0.2, -0.15) is 0 Å². The van der Waals surface area contributed by atoms with Crippen molar-refractivity contribution < 1.29 is 0 Å². The van der Waals surface area contributed by atoms with Crippen LogP contribution >= 0.6 is 11.6 Å². The highest BCUT2D eigenvalue weighted by atomic mass is 35.5. The van der Waals surface area contributed by atoms with Crippen molar-refractivity contribution in [2.24, 2.45) is 5.92 Å². The number of hydrogen-bond acceptors (Lipinski definition) is 3. The van der Waals surface area contributed by atoms with Gasteiger partial charge in [0, 0.05) is 18.9 Å². The Morgan fingerprint density at radius 1 is 1.30 bits per heavy atom. The zero-order chi connectivity index (χ0) is 13.9. The largest absolute Gasteiger partial charge is 0.311 e. The van der Waals surface area contributed by atoms with Crippen molar-refractivity contribution in [2.75, 3.05) is 26.7 Å². The Morgan fingerprint density at radius 2 is 2.10 bits per heavy atom. The van der Waals surface area contributed by atoms with E-state index in [0.29, 0.717) is 0 Å². The Morgan fingerprint density at radius 3 is 2.90 bits per heavy atom. The van der Waals surface area contributed by atoms with Crippen molar-refractivity contribution >= 4 is 17.2 Å². The fraction of sp³-hybridized carbons (Fsp3) is 0.533. The number of imidazole rings is 1. The molecule has 0 amide bonds. The van der Waals surface area contributed by atoms with Gasteiger partial charge in [-0.3, -0.25) is 0 Å². The molecule has 0 unspecified atom stereocenters. The molecule has 0 radical (unpaired) electrons. The van der Waals surface area contributed by atoms with Crippen molar-refractivity contribution in [1.82, 2.24) is 19.6 Å². The van der Waals surface area contributed by atoms with Gasteiger partial charge in [0.05, 0.1) is 10.7 Å². The number of rotatable bonds is 4. The smallest absolute Gasteiger partial charge is 0.137 e. The van der Waals surface area contributed by atoms with Crippen LogP contribution in [-0.2, 0) is 6.54 Å². The highest BCUT2D eigenvalue weighted by molar-refractivity contribution is 6.30. The summed E-state index contributed by atoms with van der Waals surface area (Å²) in [5, 5.41) is 4.27. The van der Waals surface area contributed by atoms with Gasteiger partial charge >= 0.3 is 0 Å². The first kappa shape index (κ1) is 13.9. The minimum atomic E-state index is 0.737. The van der Waals surface area contributed by atoms with E-state index in [4.69, 9.17) is 11.6 Å². The molecule has 1 aliphatic rings. The lowest BCUT2D eigenvalue weighted by Gasteiger charge is -2.28. The maximum Gasteiger partial charge on any atom is 0.137 e. The van der Waals surface area contributed by atoms with E-state index in [1.807, 2.05) is 28.9 Å². The molecule has 0 saturated carbocycles. The number of pyridine rings is 1. The summed E-state index contributed by atoms with van der Waals surface area (Å²) >= 11 is 5.98. The molecule has 2 aromatic heterocycles. The zero-order valence-electron chi connectivity index (χ0n) is 11.8. The van der Waals surface area contributed by atoms with Gasteiger partial charge < -0.3 is 14.6 Å². The van der Waals surface area contributed by atoms with E-state index in [0.717, 1.165) is 35.4 Å². The molecule has 0 atom stereocenters. The summed E-state index contributed by atoms with van der Waals surface area (Å²) in [5.41, 5.74) is 2.02. The predicted octanol–water partition coefficient (Wildman–Crippen LogP) is 2.42. The lowest BCUT2D eigenvalue weighted by Crippen LogP contribution is -2.34. The van der Waals surface area contributed by atoms with Crippen molar-refractivity contribution in [3.63, 3.8) is 0 Å². The number of halogens is 1. The zero-order valence-corrected chi connectivity index (χ0v) is 12.6. The van der Waals surface area contributed by atoms with Crippen LogP contribution in [-0.4, -0.2) is 41.0 Å². The third-order valence-electron chi connectivity index (χ3n) is 4.04. The van der Waals surface area contributed by atoms with Gasteiger partial charge in [-0.05, 0) is 57.6 Å². The van der Waals surface area contributed by atoms with Crippen LogP contribution in [0.15, 0.2) is 24.5 Å². The molecule has 20 heavy (non-hydrogen) atoms. The van der Waals surface area contributed by atoms with Crippen molar-refractivity contribution in [1.29, 1.82) is 0 Å². The summed E-state index contributed by atoms with van der Waals surface area (Å²) in [5.74, 6) is 0.803. The second kappa shape index (κ2) is 6.12. The summed E-state index contributed by atoms with van der Waals surface area (Å²) in [6, 6.07) is 3.82. The van der Waals surface area contributed by atoms with Gasteiger partial charge in [0.15, 0.2) is 0 Å². The molecule has 1 saturated heterocycles. The van der Waals surface area contributed by atoms with E-state index in [1.165, 1.54) is 25.9 Å². The fourth-order valence-corrected chi connectivity index (χ4v) is 2.94. The number of hydrogen-bond donors (Lipinski definition) is 1. The molecule has 1 fully saturated rings. The van der Waals surface area contributed by atoms with E-state index >= 15 is 0 Å². The summed E-state index contributed by atoms with van der Waals surface area (Å²) in [6.45, 7) is 4.35. The Kier molecular flexibility index (Phi) is 4.24. The minimum absolute atomic E-state index is 0.737. The normalized spacial score (nSPS) is 17.9. The van der Waals surface area contributed by atoms with E-state index in [1.54, 1.807) is 0 Å². The maximum absolute atomic E-state index is 5.98. The average molecular weight is 293 g/mol. The van der Waals surface area contributed by atoms with Gasteiger partial charge in [-0.25, -0.2) is 4.98 Å². The van der Waals surface area contributed by atoms with E-state index in [2.05, 4.69) is 22.2 Å². The summed E-state index contributed by atoms with van der Waals surface area (Å²) < 4.78 is 1.98. The third-order valence-corrected chi connectivity index (χ3v) is 4.27. The van der Waals surface area contributed by atoms with Gasteiger partial charge in [0.2, 0.25) is 0 Å². The van der Waals surface area contributed by atoms with E-state index in [9.17, 15) is 0 Å². The molecule has 108 valence electrons. The van der Waals surface area contributed by atoms with Gasteiger partial charge in [0.1, 0.15) is 5.65 Å². The number of likely N-dealkylation sites (tertiary alicyclic amines) is 1. The van der Waals surface area contributed by atoms with Crippen LogP contribution in [0.5, 0.6) is 0 Å². The van der Waals surface area contributed by atoms with Crippen LogP contribution in [0.2, 0.25) is 5.02 Å². The molecule has 0 aromatic carbocycles. The molecular formula is C15H21ClN4. The van der Waals surface area contributed by atoms with Gasteiger partial charge in [-0.1, -0.05) is 11.6 Å². The Balaban J connectivity index is 1.52. The first-order valence-corrected chi connectivity index (χ1v) is 7.61. The van der Waals surface area contributed by atoms with Gasteiger partial charge in [0.25, 0.3) is 0 Å². The van der Waals surface area contributed by atoms with Crippen LogP contribution in [0.3, 0.4) is 0 Å². The van der Waals surface area contributed by atoms with Crippen molar-refractivity contribution in [2.45, 2.75) is 19.4 Å². The lowest BCUT2D eigenvalue weighted by atomic mass is 9.97. The number of fused-ring (bicyclic) bond motifs is 1. The average Bonchev–Trinajstić information content (AvgIpc) is 2.83. The second-order valence-electron chi connectivity index (χ2n) is 5.72. The van der Waals surface area contributed by atoms with Crippen LogP contribution < -0.4 is 5.32 Å². The van der Waals surface area contributed by atoms with Crippen LogP contribution in [0, 0.1) is 5.92 Å². The predicted molar refractivity (Wildman–Crippen MR) is 82.1 cm³/mol. The molecule has 3 rings (SSSR count). The quantitative estimate of drug-likeness (QED) is 0.939.